The Morgan fingerprint density at radius 3 is 2.29 bits per heavy atom. The number of benzene rings is 2. The predicted molar refractivity (Wildman–Crippen MR) is 103 cm³/mol. The van der Waals surface area contributed by atoms with E-state index in [9.17, 15) is 14.0 Å². The summed E-state index contributed by atoms with van der Waals surface area (Å²) in [7, 11) is 1.57. The number of amides is 2. The second-order valence-electron chi connectivity index (χ2n) is 6.37. The van der Waals surface area contributed by atoms with Crippen LogP contribution in [0.15, 0.2) is 48.5 Å². The van der Waals surface area contributed by atoms with Crippen molar-refractivity contribution in [2.45, 2.75) is 31.8 Å². The van der Waals surface area contributed by atoms with Crippen LogP contribution < -0.4 is 10.8 Å². The Hall–Kier alpha value is -2.77. The first-order chi connectivity index (χ1) is 13.5. The van der Waals surface area contributed by atoms with Gasteiger partial charge in [-0.25, -0.2) is 9.87 Å². The van der Waals surface area contributed by atoms with E-state index in [1.807, 2.05) is 19.1 Å². The van der Waals surface area contributed by atoms with E-state index in [-0.39, 0.29) is 24.1 Å². The third kappa shape index (κ3) is 5.87. The highest BCUT2D eigenvalue weighted by atomic mass is 19.1. The summed E-state index contributed by atoms with van der Waals surface area (Å²) < 4.78 is 19.2. The molecule has 0 saturated heterocycles. The van der Waals surface area contributed by atoms with E-state index in [4.69, 9.17) is 9.94 Å². The number of hydroxylamine groups is 1. The van der Waals surface area contributed by atoms with Gasteiger partial charge in [-0.15, -0.1) is 0 Å². The third-order valence-electron chi connectivity index (χ3n) is 4.54. The maximum absolute atomic E-state index is 13.4. The SMILES string of the molecule is CCO[C@H](CC(=O)NO)C(Cc1ccc(C(=O)NC)cc1)c1ccc(F)cc1. The van der Waals surface area contributed by atoms with E-state index in [2.05, 4.69) is 5.32 Å². The molecular formula is C21H25FN2O4. The van der Waals surface area contributed by atoms with Gasteiger partial charge in [-0.2, -0.15) is 0 Å². The summed E-state index contributed by atoms with van der Waals surface area (Å²) in [6, 6.07) is 13.2. The number of carbonyl (C=O) groups excluding carboxylic acids is 2. The number of nitrogens with one attached hydrogen (secondary N) is 2. The van der Waals surface area contributed by atoms with Crippen molar-refractivity contribution in [3.05, 3.63) is 71.0 Å². The fraction of sp³-hybridized carbons (Fsp3) is 0.333. The largest absolute Gasteiger partial charge is 0.377 e. The minimum atomic E-state index is -0.555. The second-order valence-corrected chi connectivity index (χ2v) is 6.37. The average molecular weight is 388 g/mol. The van der Waals surface area contributed by atoms with Crippen molar-refractivity contribution in [2.75, 3.05) is 13.7 Å². The molecule has 0 radical (unpaired) electrons. The van der Waals surface area contributed by atoms with Gasteiger partial charge in [0.2, 0.25) is 5.91 Å². The summed E-state index contributed by atoms with van der Waals surface area (Å²) in [6.07, 6.45) is -0.0348. The lowest BCUT2D eigenvalue weighted by atomic mass is 9.85. The van der Waals surface area contributed by atoms with Crippen LogP contribution in [0.25, 0.3) is 0 Å². The van der Waals surface area contributed by atoms with Gasteiger partial charge < -0.3 is 10.1 Å². The molecule has 2 atom stereocenters. The van der Waals surface area contributed by atoms with E-state index in [1.54, 1.807) is 36.8 Å². The fourth-order valence-corrected chi connectivity index (χ4v) is 3.12. The van der Waals surface area contributed by atoms with Crippen LogP contribution in [0.2, 0.25) is 0 Å². The first kappa shape index (κ1) is 21.5. The van der Waals surface area contributed by atoms with Crippen molar-refractivity contribution in [3.63, 3.8) is 0 Å². The van der Waals surface area contributed by atoms with Crippen molar-refractivity contribution in [1.82, 2.24) is 10.8 Å². The van der Waals surface area contributed by atoms with Crippen LogP contribution in [0.3, 0.4) is 0 Å². The molecule has 0 saturated carbocycles. The van der Waals surface area contributed by atoms with Gasteiger partial charge >= 0.3 is 0 Å². The molecule has 1 unspecified atom stereocenters. The number of halogens is 1. The molecule has 2 aromatic rings. The second kappa shape index (κ2) is 10.5. The summed E-state index contributed by atoms with van der Waals surface area (Å²) >= 11 is 0. The Bertz CT molecular complexity index is 778. The van der Waals surface area contributed by atoms with Crippen LogP contribution >= 0.6 is 0 Å². The van der Waals surface area contributed by atoms with Crippen molar-refractivity contribution in [2.24, 2.45) is 0 Å². The van der Waals surface area contributed by atoms with Crippen molar-refractivity contribution < 1.29 is 23.9 Å². The summed E-state index contributed by atoms with van der Waals surface area (Å²) in [5.41, 5.74) is 3.94. The number of ether oxygens (including phenoxy) is 1. The summed E-state index contributed by atoms with van der Waals surface area (Å²) in [6.45, 7) is 2.21. The smallest absolute Gasteiger partial charge is 0.251 e. The maximum atomic E-state index is 13.4. The molecular weight excluding hydrogens is 363 g/mol. The third-order valence-corrected chi connectivity index (χ3v) is 4.54. The Balaban J connectivity index is 2.32. The predicted octanol–water partition coefficient (Wildman–Crippen LogP) is 2.81. The highest BCUT2D eigenvalue weighted by Gasteiger charge is 2.27. The number of hydrogen-bond donors (Lipinski definition) is 3. The normalized spacial score (nSPS) is 12.9. The average Bonchev–Trinajstić information content (AvgIpc) is 2.72. The molecule has 2 aromatic carbocycles. The quantitative estimate of drug-likeness (QED) is 0.455. The van der Waals surface area contributed by atoms with Crippen molar-refractivity contribution in [3.8, 4) is 0 Å². The molecule has 150 valence electrons. The van der Waals surface area contributed by atoms with E-state index >= 15 is 0 Å². The van der Waals surface area contributed by atoms with Crippen LogP contribution in [-0.4, -0.2) is 36.8 Å². The van der Waals surface area contributed by atoms with E-state index in [0.717, 1.165) is 11.1 Å². The highest BCUT2D eigenvalue weighted by Crippen LogP contribution is 2.29. The lowest BCUT2D eigenvalue weighted by molar-refractivity contribution is -0.132. The number of hydrogen-bond acceptors (Lipinski definition) is 4. The van der Waals surface area contributed by atoms with Gasteiger partial charge in [0.1, 0.15) is 5.82 Å². The lowest BCUT2D eigenvalue weighted by Gasteiger charge is -2.27. The monoisotopic (exact) mass is 388 g/mol. The molecule has 0 aliphatic rings. The topological polar surface area (TPSA) is 87.7 Å². The zero-order valence-corrected chi connectivity index (χ0v) is 15.9. The first-order valence-electron chi connectivity index (χ1n) is 9.09. The van der Waals surface area contributed by atoms with Gasteiger partial charge in [-0.1, -0.05) is 24.3 Å². The highest BCUT2D eigenvalue weighted by molar-refractivity contribution is 5.93. The zero-order chi connectivity index (χ0) is 20.5. The molecule has 2 rings (SSSR count). The molecule has 7 heteroatoms. The van der Waals surface area contributed by atoms with Gasteiger partial charge in [-0.3, -0.25) is 14.8 Å². The van der Waals surface area contributed by atoms with Crippen molar-refractivity contribution >= 4 is 11.8 Å². The van der Waals surface area contributed by atoms with Gasteiger partial charge in [-0.05, 0) is 48.7 Å². The van der Waals surface area contributed by atoms with Crippen LogP contribution in [0, 0.1) is 5.82 Å². The molecule has 0 heterocycles. The Morgan fingerprint density at radius 2 is 1.75 bits per heavy atom. The molecule has 28 heavy (non-hydrogen) atoms. The van der Waals surface area contributed by atoms with Gasteiger partial charge in [0.05, 0.1) is 12.5 Å². The summed E-state index contributed by atoms with van der Waals surface area (Å²) in [5, 5.41) is 11.5. The molecule has 2 amide bonds. The zero-order valence-electron chi connectivity index (χ0n) is 15.9. The minimum Gasteiger partial charge on any atom is -0.377 e. The standard InChI is InChI=1S/C21H25FN2O4/c1-3-28-19(13-20(25)24-27)18(15-8-10-17(22)11-9-15)12-14-4-6-16(7-5-14)21(26)23-2/h4-11,18-19,27H,3,12-13H2,1-2H3,(H,23,26)(H,24,25)/t18?,19-/m1/s1. The van der Waals surface area contributed by atoms with Crippen LogP contribution in [0.5, 0.6) is 0 Å². The Kier molecular flexibility index (Phi) is 8.10. The van der Waals surface area contributed by atoms with Gasteiger partial charge in [0.15, 0.2) is 0 Å². The van der Waals surface area contributed by atoms with Crippen LogP contribution in [0.1, 0.15) is 40.7 Å². The lowest BCUT2D eigenvalue weighted by Crippen LogP contribution is -2.31. The van der Waals surface area contributed by atoms with E-state index in [0.29, 0.717) is 18.6 Å². The van der Waals surface area contributed by atoms with Crippen molar-refractivity contribution in [1.29, 1.82) is 0 Å². The molecule has 0 spiro atoms. The molecule has 0 aliphatic carbocycles. The molecule has 0 aliphatic heterocycles. The summed E-state index contributed by atoms with van der Waals surface area (Å²) in [4.78, 5) is 23.5. The Labute approximate surface area is 163 Å². The summed E-state index contributed by atoms with van der Waals surface area (Å²) in [5.74, 6) is -1.32. The number of carbonyl (C=O) groups is 2. The van der Waals surface area contributed by atoms with Crippen LogP contribution in [0.4, 0.5) is 4.39 Å². The first-order valence-corrected chi connectivity index (χ1v) is 9.09. The van der Waals surface area contributed by atoms with Crippen LogP contribution in [-0.2, 0) is 16.0 Å². The Morgan fingerprint density at radius 1 is 1.11 bits per heavy atom. The fourth-order valence-electron chi connectivity index (χ4n) is 3.12. The van der Waals surface area contributed by atoms with Gasteiger partial charge in [0.25, 0.3) is 5.91 Å². The molecule has 6 nitrogen and oxygen atoms in total. The van der Waals surface area contributed by atoms with Gasteiger partial charge in [0, 0.05) is 25.1 Å². The molecule has 0 bridgehead atoms. The van der Waals surface area contributed by atoms with E-state index < -0.39 is 12.0 Å². The minimum absolute atomic E-state index is 0.0390. The maximum Gasteiger partial charge on any atom is 0.251 e. The van der Waals surface area contributed by atoms with E-state index in [1.165, 1.54) is 12.1 Å². The molecule has 0 fully saturated rings. The molecule has 0 aromatic heterocycles. The number of rotatable bonds is 9. The molecule has 3 N–H and O–H groups in total.